The third kappa shape index (κ3) is 14.0. The lowest BCUT2D eigenvalue weighted by Gasteiger charge is -2.02. The first-order chi connectivity index (χ1) is 11.0. The second kappa shape index (κ2) is 14.3. The minimum atomic E-state index is 0.139. The lowest BCUT2D eigenvalue weighted by molar-refractivity contribution is -0.121. The summed E-state index contributed by atoms with van der Waals surface area (Å²) in [5.74, 6) is 0.738. The molecular formula is C19H32O4. The van der Waals surface area contributed by atoms with Gasteiger partial charge in [-0.2, -0.15) is 0 Å². The van der Waals surface area contributed by atoms with Gasteiger partial charge < -0.3 is 0 Å². The van der Waals surface area contributed by atoms with Gasteiger partial charge in [-0.15, -0.1) is 0 Å². The third-order valence-electron chi connectivity index (χ3n) is 3.79. The zero-order chi connectivity index (χ0) is 17.5. The summed E-state index contributed by atoms with van der Waals surface area (Å²) >= 11 is 0. The monoisotopic (exact) mass is 324 g/mol. The highest BCUT2D eigenvalue weighted by Crippen LogP contribution is 2.09. The Bertz CT molecular complexity index is 349. The van der Waals surface area contributed by atoms with Gasteiger partial charge in [-0.3, -0.25) is 19.2 Å². The van der Waals surface area contributed by atoms with Crippen LogP contribution in [0.3, 0.4) is 0 Å². The molecule has 23 heavy (non-hydrogen) atoms. The van der Waals surface area contributed by atoms with Gasteiger partial charge in [0, 0.05) is 51.4 Å². The fourth-order valence-electron chi connectivity index (χ4n) is 2.51. The van der Waals surface area contributed by atoms with Gasteiger partial charge in [0.15, 0.2) is 0 Å². The van der Waals surface area contributed by atoms with Crippen LogP contribution >= 0.6 is 0 Å². The molecule has 0 aromatic carbocycles. The van der Waals surface area contributed by atoms with Gasteiger partial charge in [0.1, 0.15) is 23.1 Å². The Balaban J connectivity index is 3.57. The molecule has 0 atom stereocenters. The number of rotatable bonds is 16. The Kier molecular flexibility index (Phi) is 13.5. The zero-order valence-electron chi connectivity index (χ0n) is 14.8. The Labute approximate surface area is 140 Å². The Morgan fingerprint density at radius 2 is 0.652 bits per heavy atom. The molecule has 4 nitrogen and oxygen atoms in total. The van der Waals surface area contributed by atoms with Crippen molar-refractivity contribution in [3.63, 3.8) is 0 Å². The van der Waals surface area contributed by atoms with Gasteiger partial charge in [-0.1, -0.05) is 13.8 Å². The molecule has 0 unspecified atom stereocenters. The van der Waals surface area contributed by atoms with Crippen molar-refractivity contribution in [3.05, 3.63) is 0 Å². The van der Waals surface area contributed by atoms with Gasteiger partial charge in [-0.25, -0.2) is 0 Å². The van der Waals surface area contributed by atoms with Crippen molar-refractivity contribution in [2.24, 2.45) is 0 Å². The summed E-state index contributed by atoms with van der Waals surface area (Å²) in [6, 6.07) is 0. The van der Waals surface area contributed by atoms with Crippen LogP contribution in [0, 0.1) is 0 Å². The maximum atomic E-state index is 11.7. The quantitative estimate of drug-likeness (QED) is 0.422. The molecule has 0 saturated carbocycles. The molecule has 0 aliphatic carbocycles. The fraction of sp³-hybridized carbons (Fsp3) is 0.789. The summed E-state index contributed by atoms with van der Waals surface area (Å²) in [5.41, 5.74) is 0. The number of hydrogen-bond acceptors (Lipinski definition) is 4. The van der Waals surface area contributed by atoms with Crippen molar-refractivity contribution < 1.29 is 19.2 Å². The standard InChI is InChI=1S/C19H32O4/c1-3-8-16(20)10-5-12-18(22)14-7-15-19(23)13-6-11-17(21)9-4-2/h3-15H2,1-2H3. The van der Waals surface area contributed by atoms with Crippen LogP contribution in [0.5, 0.6) is 0 Å². The number of carbonyl (C=O) groups excluding carboxylic acids is 4. The third-order valence-corrected chi connectivity index (χ3v) is 3.79. The predicted octanol–water partition coefficient (Wildman–Crippen LogP) is 4.37. The molecule has 0 amide bonds. The first kappa shape index (κ1) is 21.7. The number of Topliss-reactive ketones (excluding diaryl/α,β-unsaturated/α-hetero) is 4. The zero-order valence-corrected chi connectivity index (χ0v) is 14.8. The van der Waals surface area contributed by atoms with Crippen molar-refractivity contribution in [1.82, 2.24) is 0 Å². The van der Waals surface area contributed by atoms with Gasteiger partial charge in [0.2, 0.25) is 0 Å². The minimum Gasteiger partial charge on any atom is -0.300 e. The summed E-state index contributed by atoms with van der Waals surface area (Å²) in [4.78, 5) is 46.0. The van der Waals surface area contributed by atoms with E-state index in [2.05, 4.69) is 0 Å². The van der Waals surface area contributed by atoms with E-state index in [9.17, 15) is 19.2 Å². The Morgan fingerprint density at radius 1 is 0.435 bits per heavy atom. The molecule has 0 bridgehead atoms. The number of carbonyl (C=O) groups is 4. The van der Waals surface area contributed by atoms with E-state index >= 15 is 0 Å². The molecule has 0 N–H and O–H groups in total. The topological polar surface area (TPSA) is 68.3 Å². The molecule has 4 heteroatoms. The molecule has 0 saturated heterocycles. The first-order valence-electron chi connectivity index (χ1n) is 9.06. The van der Waals surface area contributed by atoms with Crippen LogP contribution in [0.4, 0.5) is 0 Å². The minimum absolute atomic E-state index is 0.139. The molecule has 0 aliphatic rings. The lowest BCUT2D eigenvalue weighted by Crippen LogP contribution is -2.04. The maximum Gasteiger partial charge on any atom is 0.132 e. The molecule has 0 spiro atoms. The van der Waals surface area contributed by atoms with Crippen molar-refractivity contribution in [2.75, 3.05) is 0 Å². The van der Waals surface area contributed by atoms with E-state index in [-0.39, 0.29) is 23.1 Å². The molecule has 0 aromatic heterocycles. The van der Waals surface area contributed by atoms with Crippen LogP contribution in [0.15, 0.2) is 0 Å². The molecule has 0 aliphatic heterocycles. The van der Waals surface area contributed by atoms with Crippen LogP contribution < -0.4 is 0 Å². The van der Waals surface area contributed by atoms with Crippen molar-refractivity contribution in [2.45, 2.75) is 97.3 Å². The van der Waals surface area contributed by atoms with E-state index in [1.165, 1.54) is 0 Å². The van der Waals surface area contributed by atoms with Crippen LogP contribution in [0.2, 0.25) is 0 Å². The van der Waals surface area contributed by atoms with Crippen molar-refractivity contribution in [1.29, 1.82) is 0 Å². The van der Waals surface area contributed by atoms with E-state index in [1.807, 2.05) is 13.8 Å². The summed E-state index contributed by atoms with van der Waals surface area (Å²) in [6.07, 6.45) is 7.47. The molecule has 0 rings (SSSR count). The largest absolute Gasteiger partial charge is 0.300 e. The van der Waals surface area contributed by atoms with Crippen molar-refractivity contribution >= 4 is 23.1 Å². The van der Waals surface area contributed by atoms with Crippen LogP contribution in [-0.2, 0) is 19.2 Å². The van der Waals surface area contributed by atoms with Crippen LogP contribution in [-0.4, -0.2) is 23.1 Å². The number of ketones is 4. The normalized spacial score (nSPS) is 10.5. The van der Waals surface area contributed by atoms with E-state index < -0.39 is 0 Å². The molecule has 0 aromatic rings. The second-order valence-corrected chi connectivity index (χ2v) is 6.22. The average Bonchev–Trinajstić information content (AvgIpc) is 2.47. The highest BCUT2D eigenvalue weighted by molar-refractivity contribution is 5.83. The summed E-state index contributed by atoms with van der Waals surface area (Å²) < 4.78 is 0. The highest BCUT2D eigenvalue weighted by atomic mass is 16.1. The Hall–Kier alpha value is -1.32. The lowest BCUT2D eigenvalue weighted by atomic mass is 10.0. The molecular weight excluding hydrogens is 292 g/mol. The smallest absolute Gasteiger partial charge is 0.132 e. The van der Waals surface area contributed by atoms with E-state index in [4.69, 9.17) is 0 Å². The average molecular weight is 324 g/mol. The first-order valence-corrected chi connectivity index (χ1v) is 9.06. The van der Waals surface area contributed by atoms with E-state index in [0.29, 0.717) is 70.6 Å². The summed E-state index contributed by atoms with van der Waals surface area (Å²) in [5, 5.41) is 0. The van der Waals surface area contributed by atoms with E-state index in [1.54, 1.807) is 0 Å². The van der Waals surface area contributed by atoms with Gasteiger partial charge in [0.25, 0.3) is 0 Å². The maximum absolute atomic E-state index is 11.7. The molecule has 0 radical (unpaired) electrons. The molecule has 0 fully saturated rings. The number of hydrogen-bond donors (Lipinski definition) is 0. The van der Waals surface area contributed by atoms with Crippen LogP contribution in [0.25, 0.3) is 0 Å². The van der Waals surface area contributed by atoms with Gasteiger partial charge >= 0.3 is 0 Å². The predicted molar refractivity (Wildman–Crippen MR) is 91.4 cm³/mol. The van der Waals surface area contributed by atoms with Gasteiger partial charge in [0.05, 0.1) is 0 Å². The highest BCUT2D eigenvalue weighted by Gasteiger charge is 2.08. The Morgan fingerprint density at radius 3 is 0.870 bits per heavy atom. The SMILES string of the molecule is CCCC(=O)CCCC(=O)CCCC(=O)CCCC(=O)CCC. The molecule has 0 heterocycles. The summed E-state index contributed by atoms with van der Waals surface area (Å²) in [7, 11) is 0. The van der Waals surface area contributed by atoms with Crippen LogP contribution in [0.1, 0.15) is 97.3 Å². The fourth-order valence-corrected chi connectivity index (χ4v) is 2.51. The van der Waals surface area contributed by atoms with Gasteiger partial charge in [-0.05, 0) is 32.1 Å². The van der Waals surface area contributed by atoms with Crippen molar-refractivity contribution in [3.8, 4) is 0 Å². The summed E-state index contributed by atoms with van der Waals surface area (Å²) in [6.45, 7) is 3.94. The molecule has 132 valence electrons. The van der Waals surface area contributed by atoms with E-state index in [0.717, 1.165) is 12.8 Å². The second-order valence-electron chi connectivity index (χ2n) is 6.22.